The molecule has 2 N–H and O–H groups in total. The fraction of sp³-hybridized carbons (Fsp3) is 0.950. The van der Waals surface area contributed by atoms with E-state index in [1.807, 2.05) is 0 Å². The molecule has 9 heteroatoms. The number of aliphatic hydroxyl groups excluding tert-OH is 1. The van der Waals surface area contributed by atoms with Gasteiger partial charge in [-0.1, -0.05) is 281 Å². The predicted octanol–water partition coefficient (Wildman–Crippen LogP) is 19.7. The van der Waals surface area contributed by atoms with E-state index in [-0.39, 0.29) is 27.1 Å². The van der Waals surface area contributed by atoms with Crippen LogP contribution in [0.15, 0.2) is 12.2 Å². The van der Waals surface area contributed by atoms with Gasteiger partial charge in [-0.2, -0.15) is 0 Å². The Kier molecular flexibility index (Phi) is 37.3. The smallest absolute Gasteiger partial charge is 0.249 e. The quantitative estimate of drug-likeness (QED) is 0.0361. The number of hydrogen-bond acceptors (Lipinski definition) is 5. The summed E-state index contributed by atoms with van der Waals surface area (Å²) < 4.78 is 21.4. The Morgan fingerprint density at radius 1 is 0.449 bits per heavy atom. The third kappa shape index (κ3) is 33.3. The van der Waals surface area contributed by atoms with Crippen LogP contribution in [-0.4, -0.2) is 66.9 Å². The molecule has 1 amide bonds. The van der Waals surface area contributed by atoms with Gasteiger partial charge in [-0.3, -0.25) is 4.79 Å². The number of amides is 1. The highest BCUT2D eigenvalue weighted by molar-refractivity contribution is 6.75. The monoisotopic (exact) mass is 1020 g/mol. The van der Waals surface area contributed by atoms with Gasteiger partial charge < -0.3 is 23.7 Å². The third-order valence-corrected chi connectivity index (χ3v) is 30.1. The summed E-state index contributed by atoms with van der Waals surface area (Å²) in [6.07, 6.45) is 44.2. The van der Waals surface area contributed by atoms with Gasteiger partial charge in [0.1, 0.15) is 6.10 Å². The van der Waals surface area contributed by atoms with Crippen LogP contribution in [0.1, 0.15) is 282 Å². The van der Waals surface area contributed by atoms with Crippen LogP contribution in [0, 0.1) is 0 Å². The van der Waals surface area contributed by atoms with Crippen LogP contribution in [0.25, 0.3) is 0 Å². The van der Waals surface area contributed by atoms with E-state index in [0.717, 1.165) is 25.7 Å². The molecule has 0 heterocycles. The molecule has 0 aliphatic carbocycles. The molecule has 0 spiro atoms. The second-order valence-corrected chi connectivity index (χ2v) is 40.6. The molecule has 4 atom stereocenters. The summed E-state index contributed by atoms with van der Waals surface area (Å²) >= 11 is 0. The highest BCUT2D eigenvalue weighted by Crippen LogP contribution is 2.40. The van der Waals surface area contributed by atoms with Crippen LogP contribution >= 0.6 is 0 Å². The van der Waals surface area contributed by atoms with Crippen molar-refractivity contribution in [3.8, 4) is 0 Å². The van der Waals surface area contributed by atoms with Crippen LogP contribution in [0.4, 0.5) is 0 Å². The summed E-state index contributed by atoms with van der Waals surface area (Å²) in [5, 5.41) is 14.7. The largest absolute Gasteiger partial charge is 0.415 e. The predicted molar refractivity (Wildman–Crippen MR) is 313 cm³/mol. The number of hydrogen-bond donors (Lipinski definition) is 2. The fourth-order valence-electron chi connectivity index (χ4n) is 8.32. The zero-order valence-corrected chi connectivity index (χ0v) is 52.9. The van der Waals surface area contributed by atoms with E-state index in [4.69, 9.17) is 13.3 Å². The molecule has 0 aliphatic heterocycles. The van der Waals surface area contributed by atoms with Gasteiger partial charge in [-0.25, -0.2) is 0 Å². The summed E-state index contributed by atoms with van der Waals surface area (Å²) in [6.45, 7) is 39.3. The lowest BCUT2D eigenvalue weighted by atomic mass is 10.0. The van der Waals surface area contributed by atoms with E-state index >= 15 is 0 Å². The van der Waals surface area contributed by atoms with Crippen molar-refractivity contribution in [1.82, 2.24) is 5.32 Å². The average Bonchev–Trinajstić information content (AvgIpc) is 3.24. The standard InChI is InChI=1S/C60H125NO5Si3/c1-18-20-22-24-26-28-30-31-32-33-34-35-36-37-38-39-41-43-45-47-49-55(62)57(63)61-54(52-64-67(12,13)58(3,4)5)56(66-69(16,17)60(9,10)11)51-50-53(65-68(14,15)59(6,7)8)48-46-44-42-40-29-27-25-23-21-19-2/h50-51,53-56,62H,18-49,52H2,1-17H3,(H,61,63)/b51-50+/t53-,54+,55+,56-/m1/s1. The van der Waals surface area contributed by atoms with Crippen molar-refractivity contribution < 1.29 is 23.2 Å². The van der Waals surface area contributed by atoms with Gasteiger partial charge in [-0.05, 0) is 67.2 Å². The molecule has 69 heavy (non-hydrogen) atoms. The van der Waals surface area contributed by atoms with Crippen molar-refractivity contribution >= 4 is 30.9 Å². The van der Waals surface area contributed by atoms with Crippen LogP contribution in [0.5, 0.6) is 0 Å². The lowest BCUT2D eigenvalue weighted by Crippen LogP contribution is -2.56. The minimum absolute atomic E-state index is 0.00995. The van der Waals surface area contributed by atoms with Gasteiger partial charge >= 0.3 is 0 Å². The lowest BCUT2D eigenvalue weighted by Gasteiger charge is -2.42. The average molecular weight is 1020 g/mol. The van der Waals surface area contributed by atoms with Gasteiger partial charge in [0.05, 0.1) is 24.9 Å². The summed E-state index contributed by atoms with van der Waals surface area (Å²) in [5.41, 5.74) is 0. The van der Waals surface area contributed by atoms with E-state index in [0.29, 0.717) is 13.0 Å². The third-order valence-electron chi connectivity index (χ3n) is 16.6. The highest BCUT2D eigenvalue weighted by Gasteiger charge is 2.43. The fourth-order valence-corrected chi connectivity index (χ4v) is 11.9. The van der Waals surface area contributed by atoms with Crippen LogP contribution in [0.2, 0.25) is 54.4 Å². The number of carbonyl (C=O) groups excluding carboxylic acids is 1. The van der Waals surface area contributed by atoms with Gasteiger partial charge in [0.15, 0.2) is 25.0 Å². The second kappa shape index (κ2) is 37.4. The Morgan fingerprint density at radius 3 is 1.09 bits per heavy atom. The summed E-state index contributed by atoms with van der Waals surface area (Å²) in [4.78, 5) is 14.0. The molecule has 0 aliphatic rings. The molecular formula is C60H125NO5Si3. The van der Waals surface area contributed by atoms with Crippen molar-refractivity contribution in [2.24, 2.45) is 0 Å². The Hall–Kier alpha value is -0.299. The van der Waals surface area contributed by atoms with E-state index in [1.54, 1.807) is 0 Å². The molecule has 0 saturated heterocycles. The molecule has 0 rings (SSSR count). The molecule has 0 radical (unpaired) electrons. The Bertz CT molecular complexity index is 1270. The summed E-state index contributed by atoms with van der Waals surface area (Å²) in [7, 11) is -6.60. The Labute approximate surface area is 436 Å². The van der Waals surface area contributed by atoms with Crippen molar-refractivity contribution in [1.29, 1.82) is 0 Å². The highest BCUT2D eigenvalue weighted by atomic mass is 28.4. The Balaban J connectivity index is 5.70. The normalized spacial score (nSPS) is 15.2. The first-order valence-corrected chi connectivity index (χ1v) is 38.6. The molecule has 0 aromatic carbocycles. The molecule has 0 saturated carbocycles. The van der Waals surface area contributed by atoms with E-state index in [1.165, 1.54) is 173 Å². The summed E-state index contributed by atoms with van der Waals surface area (Å²) in [5.74, 6) is -0.312. The van der Waals surface area contributed by atoms with Gasteiger partial charge in [0.25, 0.3) is 0 Å². The second-order valence-electron chi connectivity index (χ2n) is 26.3. The zero-order valence-electron chi connectivity index (χ0n) is 49.9. The molecule has 0 unspecified atom stereocenters. The minimum Gasteiger partial charge on any atom is -0.415 e. The van der Waals surface area contributed by atoms with Crippen molar-refractivity contribution in [2.45, 2.75) is 360 Å². The van der Waals surface area contributed by atoms with E-state index < -0.39 is 43.2 Å². The molecule has 0 aromatic heterocycles. The first-order chi connectivity index (χ1) is 32.2. The number of unbranched alkanes of at least 4 members (excludes halogenated alkanes) is 28. The molecule has 0 aromatic rings. The number of nitrogens with one attached hydrogen (secondary N) is 1. The van der Waals surface area contributed by atoms with Gasteiger partial charge in [0.2, 0.25) is 5.91 Å². The number of rotatable bonds is 44. The van der Waals surface area contributed by atoms with Crippen molar-refractivity contribution in [2.75, 3.05) is 6.61 Å². The number of aliphatic hydroxyl groups is 1. The van der Waals surface area contributed by atoms with Gasteiger partial charge in [0, 0.05) is 0 Å². The van der Waals surface area contributed by atoms with Crippen LogP contribution in [-0.2, 0) is 18.1 Å². The van der Waals surface area contributed by atoms with E-state index in [2.05, 4.69) is 133 Å². The molecule has 412 valence electrons. The summed E-state index contributed by atoms with van der Waals surface area (Å²) in [6, 6.07) is -0.451. The lowest BCUT2D eigenvalue weighted by molar-refractivity contribution is -0.131. The van der Waals surface area contributed by atoms with E-state index in [9.17, 15) is 9.90 Å². The Morgan fingerprint density at radius 2 is 0.754 bits per heavy atom. The maximum Gasteiger partial charge on any atom is 0.249 e. The zero-order chi connectivity index (χ0) is 52.5. The van der Waals surface area contributed by atoms with Crippen molar-refractivity contribution in [3.05, 3.63) is 12.2 Å². The molecular weight excluding hydrogens is 899 g/mol. The molecule has 6 nitrogen and oxygen atoms in total. The minimum atomic E-state index is -2.33. The van der Waals surface area contributed by atoms with Gasteiger partial charge in [-0.15, -0.1) is 0 Å². The number of carbonyl (C=O) groups is 1. The topological polar surface area (TPSA) is 77.0 Å². The maximum absolute atomic E-state index is 14.0. The molecule has 0 bridgehead atoms. The van der Waals surface area contributed by atoms with Crippen molar-refractivity contribution in [3.63, 3.8) is 0 Å². The van der Waals surface area contributed by atoms with Crippen LogP contribution < -0.4 is 5.32 Å². The van der Waals surface area contributed by atoms with Crippen LogP contribution in [0.3, 0.4) is 0 Å². The maximum atomic E-state index is 14.0. The first kappa shape index (κ1) is 68.7. The first-order valence-electron chi connectivity index (χ1n) is 29.9. The SMILES string of the molecule is CCCCCCCCCCCCCCCCCCCCCC[C@H](O)C(=O)N[C@@H](CO[Si](C)(C)C(C)(C)C)[C@@H](/C=C/[C@@H](CCCCCCCCCCCC)O[Si](C)(C)C(C)(C)C)O[Si](C)(C)C(C)(C)C. The molecule has 0 fully saturated rings.